The van der Waals surface area contributed by atoms with Crippen molar-refractivity contribution < 1.29 is 17.9 Å². The van der Waals surface area contributed by atoms with Crippen LogP contribution in [0.25, 0.3) is 11.1 Å². The second kappa shape index (κ2) is 8.27. The van der Waals surface area contributed by atoms with Gasteiger partial charge in [-0.1, -0.05) is 6.07 Å². The van der Waals surface area contributed by atoms with Crippen molar-refractivity contribution in [3.05, 3.63) is 60.2 Å². The molecule has 1 aromatic carbocycles. The third-order valence-electron chi connectivity index (χ3n) is 4.71. The molecule has 0 atom stereocenters. The lowest BCUT2D eigenvalue weighted by atomic mass is 10.0. The first-order valence-electron chi connectivity index (χ1n) is 9.45. The fourth-order valence-electron chi connectivity index (χ4n) is 3.31. The van der Waals surface area contributed by atoms with Crippen LogP contribution in [0.3, 0.4) is 0 Å². The van der Waals surface area contributed by atoms with E-state index in [-0.39, 0.29) is 5.95 Å². The van der Waals surface area contributed by atoms with Crippen LogP contribution in [0.15, 0.2) is 48.9 Å². The summed E-state index contributed by atoms with van der Waals surface area (Å²) >= 11 is 0. The summed E-state index contributed by atoms with van der Waals surface area (Å²) in [7, 11) is 0. The minimum atomic E-state index is -4.53. The van der Waals surface area contributed by atoms with Crippen LogP contribution in [0, 0.1) is 6.92 Å². The summed E-state index contributed by atoms with van der Waals surface area (Å²) in [6, 6.07) is 8.56. The monoisotopic (exact) mass is 415 g/mol. The van der Waals surface area contributed by atoms with Crippen LogP contribution in [-0.4, -0.2) is 41.3 Å². The highest BCUT2D eigenvalue weighted by atomic mass is 19.4. The Bertz CT molecular complexity index is 1040. The second-order valence-electron chi connectivity index (χ2n) is 7.01. The second-order valence-corrected chi connectivity index (χ2v) is 7.01. The van der Waals surface area contributed by atoms with Gasteiger partial charge in [-0.25, -0.2) is 9.97 Å². The van der Waals surface area contributed by atoms with E-state index in [2.05, 4.69) is 31.2 Å². The van der Waals surface area contributed by atoms with Gasteiger partial charge in [-0.05, 0) is 42.3 Å². The number of anilines is 3. The van der Waals surface area contributed by atoms with Crippen molar-refractivity contribution in [3.63, 3.8) is 0 Å². The van der Waals surface area contributed by atoms with Crippen molar-refractivity contribution in [2.24, 2.45) is 0 Å². The zero-order valence-corrected chi connectivity index (χ0v) is 16.3. The van der Waals surface area contributed by atoms with Crippen LogP contribution in [0.2, 0.25) is 0 Å². The van der Waals surface area contributed by atoms with E-state index in [9.17, 15) is 13.2 Å². The van der Waals surface area contributed by atoms with Crippen LogP contribution in [-0.2, 0) is 10.9 Å². The third kappa shape index (κ3) is 4.68. The Morgan fingerprint density at radius 1 is 1.03 bits per heavy atom. The highest BCUT2D eigenvalue weighted by Gasteiger charge is 2.32. The maximum atomic E-state index is 12.9. The molecule has 3 aromatic rings. The van der Waals surface area contributed by atoms with Gasteiger partial charge >= 0.3 is 6.18 Å². The zero-order valence-electron chi connectivity index (χ0n) is 16.3. The highest BCUT2D eigenvalue weighted by Crippen LogP contribution is 2.30. The van der Waals surface area contributed by atoms with Gasteiger partial charge in [0, 0.05) is 36.7 Å². The first kappa shape index (κ1) is 20.1. The molecule has 0 aliphatic carbocycles. The molecule has 2 aromatic heterocycles. The number of hydrogen-bond acceptors (Lipinski definition) is 6. The maximum absolute atomic E-state index is 12.9. The normalized spacial score (nSPS) is 14.6. The van der Waals surface area contributed by atoms with E-state index >= 15 is 0 Å². The molecule has 1 aliphatic heterocycles. The first-order chi connectivity index (χ1) is 14.4. The van der Waals surface area contributed by atoms with Gasteiger partial charge in [-0.2, -0.15) is 13.2 Å². The summed E-state index contributed by atoms with van der Waals surface area (Å²) in [5.41, 5.74) is 3.37. The summed E-state index contributed by atoms with van der Waals surface area (Å²) in [6.45, 7) is 4.89. The Balaban J connectivity index is 1.61. The molecule has 156 valence electrons. The Kier molecular flexibility index (Phi) is 5.54. The van der Waals surface area contributed by atoms with Crippen LogP contribution in [0.5, 0.6) is 0 Å². The highest BCUT2D eigenvalue weighted by molar-refractivity contribution is 5.72. The quantitative estimate of drug-likeness (QED) is 0.680. The minimum Gasteiger partial charge on any atom is -0.378 e. The van der Waals surface area contributed by atoms with Crippen LogP contribution < -0.4 is 10.2 Å². The van der Waals surface area contributed by atoms with Crippen molar-refractivity contribution >= 4 is 17.3 Å². The number of benzene rings is 1. The SMILES string of the molecule is Cc1cc(Nc2nccc(C(F)(F)F)n2)cc(-c2cncc(N3CCOCC3)c2)c1. The van der Waals surface area contributed by atoms with E-state index < -0.39 is 11.9 Å². The number of hydrogen-bond donors (Lipinski definition) is 1. The van der Waals surface area contributed by atoms with E-state index in [4.69, 9.17) is 4.74 Å². The number of rotatable bonds is 4. The van der Waals surface area contributed by atoms with Crippen LogP contribution >= 0.6 is 0 Å². The van der Waals surface area contributed by atoms with Gasteiger partial charge in [-0.3, -0.25) is 4.98 Å². The molecule has 3 heterocycles. The molecule has 1 N–H and O–H groups in total. The summed E-state index contributed by atoms with van der Waals surface area (Å²) in [5.74, 6) is -0.110. The molecule has 0 radical (unpaired) electrons. The molecule has 0 unspecified atom stereocenters. The molecular formula is C21H20F3N5O. The molecule has 1 aliphatic rings. The Labute approximate surface area is 171 Å². The predicted octanol–water partition coefficient (Wildman–Crippen LogP) is 4.45. The Hall–Kier alpha value is -3.20. The zero-order chi connectivity index (χ0) is 21.1. The van der Waals surface area contributed by atoms with Crippen LogP contribution in [0.4, 0.5) is 30.5 Å². The molecular weight excluding hydrogens is 395 g/mol. The summed E-state index contributed by atoms with van der Waals surface area (Å²) < 4.78 is 44.1. The molecule has 0 spiro atoms. The van der Waals surface area contributed by atoms with Gasteiger partial charge < -0.3 is 15.0 Å². The average Bonchev–Trinajstić information content (AvgIpc) is 2.74. The minimum absolute atomic E-state index is 0.110. The molecule has 0 saturated carbocycles. The molecule has 9 heteroatoms. The van der Waals surface area contributed by atoms with Crippen LogP contribution in [0.1, 0.15) is 11.3 Å². The maximum Gasteiger partial charge on any atom is 0.433 e. The van der Waals surface area contributed by atoms with E-state index in [0.717, 1.165) is 47.7 Å². The number of ether oxygens (including phenoxy) is 1. The van der Waals surface area contributed by atoms with E-state index in [1.165, 1.54) is 0 Å². The van der Waals surface area contributed by atoms with Crippen molar-refractivity contribution in [2.45, 2.75) is 13.1 Å². The molecule has 1 fully saturated rings. The molecule has 0 bridgehead atoms. The van der Waals surface area contributed by atoms with E-state index in [1.54, 1.807) is 6.20 Å². The first-order valence-corrected chi connectivity index (χ1v) is 9.45. The Morgan fingerprint density at radius 2 is 1.83 bits per heavy atom. The molecule has 30 heavy (non-hydrogen) atoms. The number of aryl methyl sites for hydroxylation is 1. The van der Waals surface area contributed by atoms with E-state index in [0.29, 0.717) is 18.9 Å². The van der Waals surface area contributed by atoms with Crippen molar-refractivity contribution in [3.8, 4) is 11.1 Å². The third-order valence-corrected chi connectivity index (χ3v) is 4.71. The summed E-state index contributed by atoms with van der Waals surface area (Å²) in [6.07, 6.45) is 0.150. The van der Waals surface area contributed by atoms with Gasteiger partial charge in [0.1, 0.15) is 5.69 Å². The van der Waals surface area contributed by atoms with Gasteiger partial charge in [0.2, 0.25) is 5.95 Å². The van der Waals surface area contributed by atoms with Gasteiger partial charge in [0.15, 0.2) is 0 Å². The molecule has 4 rings (SSSR count). The number of pyridine rings is 1. The number of aromatic nitrogens is 3. The standard InChI is InChI=1S/C21H20F3N5O/c1-14-8-15(16-11-18(13-25-12-16)29-4-6-30-7-5-29)10-17(9-14)27-20-26-3-2-19(28-20)21(22,23)24/h2-3,8-13H,4-7H2,1H3,(H,26,27,28). The summed E-state index contributed by atoms with van der Waals surface area (Å²) in [4.78, 5) is 14.1. The number of nitrogens with zero attached hydrogens (tertiary/aromatic N) is 4. The van der Waals surface area contributed by atoms with Crippen molar-refractivity contribution in [1.82, 2.24) is 15.0 Å². The number of morpholine rings is 1. The number of alkyl halides is 3. The molecule has 1 saturated heterocycles. The number of nitrogens with one attached hydrogen (secondary N) is 1. The number of halogens is 3. The van der Waals surface area contributed by atoms with Gasteiger partial charge in [0.25, 0.3) is 0 Å². The predicted molar refractivity (Wildman–Crippen MR) is 108 cm³/mol. The smallest absolute Gasteiger partial charge is 0.378 e. The van der Waals surface area contributed by atoms with Gasteiger partial charge in [-0.15, -0.1) is 0 Å². The van der Waals surface area contributed by atoms with Gasteiger partial charge in [0.05, 0.1) is 25.1 Å². The summed E-state index contributed by atoms with van der Waals surface area (Å²) in [5, 5.41) is 2.88. The largest absolute Gasteiger partial charge is 0.433 e. The topological polar surface area (TPSA) is 63.2 Å². The Morgan fingerprint density at radius 3 is 2.60 bits per heavy atom. The molecule has 6 nitrogen and oxygen atoms in total. The van der Waals surface area contributed by atoms with Crippen molar-refractivity contribution in [1.29, 1.82) is 0 Å². The van der Waals surface area contributed by atoms with Crippen molar-refractivity contribution in [2.75, 3.05) is 36.5 Å². The lowest BCUT2D eigenvalue weighted by Crippen LogP contribution is -2.36. The fraction of sp³-hybridized carbons (Fsp3) is 0.286. The van der Waals surface area contributed by atoms with E-state index in [1.807, 2.05) is 31.3 Å². The average molecular weight is 415 g/mol. The lowest BCUT2D eigenvalue weighted by Gasteiger charge is -2.28. The molecule has 0 amide bonds. The fourth-order valence-corrected chi connectivity index (χ4v) is 3.31. The lowest BCUT2D eigenvalue weighted by molar-refractivity contribution is -0.141.